The van der Waals surface area contributed by atoms with Crippen LogP contribution in [0, 0.1) is 11.8 Å². The number of ether oxygens (including phenoxy) is 2. The number of methoxy groups -OCH3 is 2. The van der Waals surface area contributed by atoms with Crippen LogP contribution in [0.15, 0.2) is 60.7 Å². The number of benzene rings is 3. The fourth-order valence-electron chi connectivity index (χ4n) is 4.20. The van der Waals surface area contributed by atoms with Gasteiger partial charge in [0, 0.05) is 17.2 Å². The first-order chi connectivity index (χ1) is 15.1. The van der Waals surface area contributed by atoms with Crippen LogP contribution >= 0.6 is 0 Å². The van der Waals surface area contributed by atoms with E-state index in [1.807, 2.05) is 6.07 Å². The van der Waals surface area contributed by atoms with Gasteiger partial charge in [0.25, 0.3) is 0 Å². The molecule has 31 heavy (non-hydrogen) atoms. The SMILES string of the molecule is COc1cc(CC2CCc3cccc(C#Cc4ccc(C(=O)O)cc4)c32)cc(OC)c1. The number of aromatic carboxylic acids is 1. The number of carboxylic acid groups (broad SMARTS) is 1. The van der Waals surface area contributed by atoms with Crippen molar-refractivity contribution in [1.82, 2.24) is 0 Å². The topological polar surface area (TPSA) is 55.8 Å². The molecular weight excluding hydrogens is 388 g/mol. The van der Waals surface area contributed by atoms with Crippen LogP contribution in [0.5, 0.6) is 11.5 Å². The number of carboxylic acids is 1. The maximum absolute atomic E-state index is 11.0. The predicted molar refractivity (Wildman–Crippen MR) is 120 cm³/mol. The average molecular weight is 412 g/mol. The first kappa shape index (κ1) is 20.6. The van der Waals surface area contributed by atoms with Gasteiger partial charge < -0.3 is 14.6 Å². The van der Waals surface area contributed by atoms with E-state index < -0.39 is 5.97 Å². The van der Waals surface area contributed by atoms with Crippen molar-refractivity contribution in [3.63, 3.8) is 0 Å². The van der Waals surface area contributed by atoms with Crippen LogP contribution < -0.4 is 9.47 Å². The van der Waals surface area contributed by atoms with E-state index in [1.165, 1.54) is 16.7 Å². The molecular formula is C27H24O4. The van der Waals surface area contributed by atoms with Crippen LogP contribution in [0.2, 0.25) is 0 Å². The van der Waals surface area contributed by atoms with Crippen molar-refractivity contribution in [2.45, 2.75) is 25.2 Å². The highest BCUT2D eigenvalue weighted by atomic mass is 16.5. The maximum atomic E-state index is 11.0. The van der Waals surface area contributed by atoms with Gasteiger partial charge in [-0.1, -0.05) is 24.0 Å². The second kappa shape index (κ2) is 8.97. The second-order valence-corrected chi connectivity index (χ2v) is 7.67. The van der Waals surface area contributed by atoms with Crippen LogP contribution in [0.25, 0.3) is 0 Å². The standard InChI is InChI=1S/C27H24O4/c1-30-24-15-19(16-25(17-24)31-2)14-23-13-12-21-5-3-4-20(26(21)23)9-6-18-7-10-22(11-8-18)27(28)29/h3-5,7-8,10-11,15-17,23H,12-14H2,1-2H3,(H,28,29). The van der Waals surface area contributed by atoms with Gasteiger partial charge in [-0.15, -0.1) is 0 Å². The Morgan fingerprint density at radius 1 is 1.00 bits per heavy atom. The minimum absolute atomic E-state index is 0.264. The van der Waals surface area contributed by atoms with Gasteiger partial charge in [-0.2, -0.15) is 0 Å². The molecule has 1 atom stereocenters. The minimum Gasteiger partial charge on any atom is -0.497 e. The molecule has 0 saturated carbocycles. The average Bonchev–Trinajstić information content (AvgIpc) is 3.21. The first-order valence-electron chi connectivity index (χ1n) is 10.3. The Bertz CT molecular complexity index is 1140. The summed E-state index contributed by atoms with van der Waals surface area (Å²) in [6.45, 7) is 0. The van der Waals surface area contributed by atoms with E-state index in [9.17, 15) is 4.79 Å². The zero-order valence-corrected chi connectivity index (χ0v) is 17.6. The molecule has 0 aliphatic heterocycles. The summed E-state index contributed by atoms with van der Waals surface area (Å²) in [5, 5.41) is 9.05. The molecule has 1 aliphatic rings. The Morgan fingerprint density at radius 2 is 1.71 bits per heavy atom. The summed E-state index contributed by atoms with van der Waals surface area (Å²) in [5.74, 6) is 7.56. The maximum Gasteiger partial charge on any atom is 0.335 e. The molecule has 3 aromatic carbocycles. The highest BCUT2D eigenvalue weighted by Gasteiger charge is 2.25. The lowest BCUT2D eigenvalue weighted by Gasteiger charge is -2.15. The van der Waals surface area contributed by atoms with Gasteiger partial charge in [0.05, 0.1) is 19.8 Å². The largest absolute Gasteiger partial charge is 0.497 e. The van der Waals surface area contributed by atoms with E-state index in [-0.39, 0.29) is 5.56 Å². The summed E-state index contributed by atoms with van der Waals surface area (Å²) in [6.07, 6.45) is 3.03. The number of fused-ring (bicyclic) bond motifs is 1. The zero-order valence-electron chi connectivity index (χ0n) is 17.6. The Hall–Kier alpha value is -3.71. The van der Waals surface area contributed by atoms with Gasteiger partial charge in [0.2, 0.25) is 0 Å². The number of hydrogen-bond donors (Lipinski definition) is 1. The van der Waals surface area contributed by atoms with Crippen LogP contribution in [-0.2, 0) is 12.8 Å². The van der Waals surface area contributed by atoms with E-state index in [4.69, 9.17) is 14.6 Å². The predicted octanol–water partition coefficient (Wildman–Crippen LogP) is 5.07. The van der Waals surface area contributed by atoms with Crippen molar-refractivity contribution in [2.24, 2.45) is 0 Å². The van der Waals surface area contributed by atoms with Gasteiger partial charge in [-0.3, -0.25) is 0 Å². The summed E-state index contributed by atoms with van der Waals surface area (Å²) < 4.78 is 10.9. The summed E-state index contributed by atoms with van der Waals surface area (Å²) in [7, 11) is 3.33. The summed E-state index contributed by atoms with van der Waals surface area (Å²) in [4.78, 5) is 11.0. The van der Waals surface area contributed by atoms with Gasteiger partial charge in [-0.25, -0.2) is 4.79 Å². The van der Waals surface area contributed by atoms with Crippen molar-refractivity contribution in [2.75, 3.05) is 14.2 Å². The quantitative estimate of drug-likeness (QED) is 0.594. The van der Waals surface area contributed by atoms with E-state index in [0.717, 1.165) is 41.9 Å². The molecule has 1 unspecified atom stereocenters. The van der Waals surface area contributed by atoms with Crippen molar-refractivity contribution in [1.29, 1.82) is 0 Å². The van der Waals surface area contributed by atoms with Crippen molar-refractivity contribution in [3.05, 3.63) is 94.0 Å². The van der Waals surface area contributed by atoms with Gasteiger partial charge in [-0.05, 0) is 84.3 Å². The van der Waals surface area contributed by atoms with Gasteiger partial charge in [0.1, 0.15) is 11.5 Å². The number of hydrogen-bond acceptors (Lipinski definition) is 3. The fourth-order valence-corrected chi connectivity index (χ4v) is 4.20. The fraction of sp³-hybridized carbons (Fsp3) is 0.222. The van der Waals surface area contributed by atoms with E-state index >= 15 is 0 Å². The third kappa shape index (κ3) is 4.57. The Morgan fingerprint density at radius 3 is 2.35 bits per heavy atom. The number of aryl methyl sites for hydroxylation is 1. The third-order valence-electron chi connectivity index (χ3n) is 5.73. The molecule has 4 heteroatoms. The summed E-state index contributed by atoms with van der Waals surface area (Å²) in [6, 6.07) is 19.0. The summed E-state index contributed by atoms with van der Waals surface area (Å²) in [5.41, 5.74) is 5.96. The van der Waals surface area contributed by atoms with Gasteiger partial charge >= 0.3 is 5.97 Å². The Balaban J connectivity index is 1.62. The lowest BCUT2D eigenvalue weighted by Crippen LogP contribution is -2.02. The highest BCUT2D eigenvalue weighted by molar-refractivity contribution is 5.87. The normalized spacial score (nSPS) is 14.3. The van der Waals surface area contributed by atoms with Crippen LogP contribution in [0.3, 0.4) is 0 Å². The summed E-state index contributed by atoms with van der Waals surface area (Å²) >= 11 is 0. The van der Waals surface area contributed by atoms with E-state index in [1.54, 1.807) is 38.5 Å². The first-order valence-corrected chi connectivity index (χ1v) is 10.3. The molecule has 0 bridgehead atoms. The molecule has 4 nitrogen and oxygen atoms in total. The molecule has 4 rings (SSSR count). The molecule has 1 aliphatic carbocycles. The Labute approximate surface area is 182 Å². The molecule has 156 valence electrons. The van der Waals surface area contributed by atoms with Crippen LogP contribution in [-0.4, -0.2) is 25.3 Å². The third-order valence-corrected chi connectivity index (χ3v) is 5.73. The van der Waals surface area contributed by atoms with Crippen molar-refractivity contribution >= 4 is 5.97 Å². The molecule has 0 radical (unpaired) electrons. The molecule has 0 fully saturated rings. The van der Waals surface area contributed by atoms with E-state index in [2.05, 4.69) is 42.2 Å². The van der Waals surface area contributed by atoms with Crippen molar-refractivity contribution < 1.29 is 19.4 Å². The Kier molecular flexibility index (Phi) is 5.95. The zero-order chi connectivity index (χ0) is 21.8. The van der Waals surface area contributed by atoms with Crippen LogP contribution in [0.4, 0.5) is 0 Å². The highest BCUT2D eigenvalue weighted by Crippen LogP contribution is 2.38. The monoisotopic (exact) mass is 412 g/mol. The molecule has 0 saturated heterocycles. The van der Waals surface area contributed by atoms with Crippen molar-refractivity contribution in [3.8, 4) is 23.3 Å². The molecule has 3 aromatic rings. The second-order valence-electron chi connectivity index (χ2n) is 7.67. The smallest absolute Gasteiger partial charge is 0.335 e. The number of carbonyl (C=O) groups is 1. The molecule has 1 N–H and O–H groups in total. The molecule has 0 spiro atoms. The van der Waals surface area contributed by atoms with Crippen LogP contribution in [0.1, 0.15) is 50.5 Å². The minimum atomic E-state index is -0.933. The van der Waals surface area contributed by atoms with Gasteiger partial charge in [0.15, 0.2) is 0 Å². The number of rotatable bonds is 5. The molecule has 0 aromatic heterocycles. The van der Waals surface area contributed by atoms with E-state index in [0.29, 0.717) is 5.92 Å². The molecule has 0 amide bonds. The lowest BCUT2D eigenvalue weighted by atomic mass is 9.90. The lowest BCUT2D eigenvalue weighted by molar-refractivity contribution is 0.0697. The molecule has 0 heterocycles.